The number of ether oxygens (including phenoxy) is 2. The van der Waals surface area contributed by atoms with Crippen LogP contribution in [0.25, 0.3) is 0 Å². The highest BCUT2D eigenvalue weighted by Gasteiger charge is 2.36. The molecule has 0 fully saturated rings. The summed E-state index contributed by atoms with van der Waals surface area (Å²) in [6.45, 7) is 9.21. The fourth-order valence-corrected chi connectivity index (χ4v) is 4.73. The Balaban J connectivity index is 2.03. The molecule has 0 N–H and O–H groups in total. The first-order chi connectivity index (χ1) is 11.4. The molecule has 4 heteroatoms. The molecule has 2 rings (SSSR count). The summed E-state index contributed by atoms with van der Waals surface area (Å²) in [5.74, 6) is 0.745. The van der Waals surface area contributed by atoms with E-state index in [0.29, 0.717) is 13.2 Å². The van der Waals surface area contributed by atoms with Gasteiger partial charge in [-0.1, -0.05) is 67.7 Å². The highest BCUT2D eigenvalue weighted by Crippen LogP contribution is 2.24. The molecule has 2 aromatic rings. The van der Waals surface area contributed by atoms with E-state index in [1.807, 2.05) is 56.3 Å². The monoisotopic (exact) mass is 342 g/mol. The average molecular weight is 343 g/mol. The van der Waals surface area contributed by atoms with Gasteiger partial charge in [-0.15, -0.1) is 0 Å². The van der Waals surface area contributed by atoms with Gasteiger partial charge in [0.1, 0.15) is 12.4 Å². The molecule has 1 unspecified atom stereocenters. The molecule has 0 radical (unpaired) electrons. The van der Waals surface area contributed by atoms with Crippen LogP contribution < -0.4 is 9.92 Å². The van der Waals surface area contributed by atoms with Gasteiger partial charge in [0.25, 0.3) is 0 Å². The van der Waals surface area contributed by atoms with E-state index in [0.717, 1.165) is 11.3 Å². The van der Waals surface area contributed by atoms with Crippen LogP contribution in [0.2, 0.25) is 18.6 Å². The van der Waals surface area contributed by atoms with Gasteiger partial charge in [-0.3, -0.25) is 4.79 Å². The molecular weight excluding hydrogens is 316 g/mol. The SMILES string of the molecule is CCOC(=O)C(C)[Si](C)(C)c1ccc(OCc2ccccc2)cc1. The number of benzene rings is 2. The molecule has 0 saturated heterocycles. The fraction of sp³-hybridized carbons (Fsp3) is 0.350. The second kappa shape index (κ2) is 8.15. The zero-order valence-corrected chi connectivity index (χ0v) is 15.9. The van der Waals surface area contributed by atoms with E-state index in [2.05, 4.69) is 25.2 Å². The number of hydrogen-bond acceptors (Lipinski definition) is 3. The number of hydrogen-bond donors (Lipinski definition) is 0. The van der Waals surface area contributed by atoms with Gasteiger partial charge in [0, 0.05) is 0 Å². The molecule has 0 bridgehead atoms. The van der Waals surface area contributed by atoms with Crippen LogP contribution in [0.15, 0.2) is 54.6 Å². The fourth-order valence-electron chi connectivity index (χ4n) is 2.53. The lowest BCUT2D eigenvalue weighted by Crippen LogP contribution is -2.48. The summed E-state index contributed by atoms with van der Waals surface area (Å²) < 4.78 is 11.0. The summed E-state index contributed by atoms with van der Waals surface area (Å²) in [5.41, 5.74) is 1.07. The van der Waals surface area contributed by atoms with Crippen molar-refractivity contribution in [1.29, 1.82) is 0 Å². The molecule has 0 spiro atoms. The minimum Gasteiger partial charge on any atom is -0.489 e. The lowest BCUT2D eigenvalue weighted by Gasteiger charge is -2.28. The van der Waals surface area contributed by atoms with Gasteiger partial charge < -0.3 is 9.47 Å². The molecule has 0 heterocycles. The van der Waals surface area contributed by atoms with E-state index >= 15 is 0 Å². The van der Waals surface area contributed by atoms with Gasteiger partial charge in [0.2, 0.25) is 0 Å². The molecule has 0 aliphatic heterocycles. The summed E-state index contributed by atoms with van der Waals surface area (Å²) in [7, 11) is -1.92. The minimum atomic E-state index is -1.92. The van der Waals surface area contributed by atoms with E-state index in [1.54, 1.807) is 0 Å². The van der Waals surface area contributed by atoms with Crippen LogP contribution in [0.5, 0.6) is 5.75 Å². The van der Waals surface area contributed by atoms with Crippen LogP contribution in [0, 0.1) is 0 Å². The second-order valence-electron chi connectivity index (χ2n) is 6.49. The maximum Gasteiger partial charge on any atom is 0.306 e. The van der Waals surface area contributed by atoms with Crippen LogP contribution in [-0.4, -0.2) is 20.7 Å². The summed E-state index contributed by atoms with van der Waals surface area (Å²) >= 11 is 0. The average Bonchev–Trinajstić information content (AvgIpc) is 2.60. The Morgan fingerprint density at radius 3 is 2.25 bits per heavy atom. The van der Waals surface area contributed by atoms with E-state index in [9.17, 15) is 4.79 Å². The molecular formula is C20H26O3Si. The van der Waals surface area contributed by atoms with Crippen molar-refractivity contribution in [1.82, 2.24) is 0 Å². The van der Waals surface area contributed by atoms with E-state index in [4.69, 9.17) is 9.47 Å². The molecule has 128 valence electrons. The van der Waals surface area contributed by atoms with Gasteiger partial charge in [0.15, 0.2) is 0 Å². The van der Waals surface area contributed by atoms with Gasteiger partial charge in [-0.2, -0.15) is 0 Å². The van der Waals surface area contributed by atoms with Crippen LogP contribution in [0.1, 0.15) is 19.4 Å². The van der Waals surface area contributed by atoms with Crippen LogP contribution in [0.3, 0.4) is 0 Å². The Morgan fingerprint density at radius 1 is 1.04 bits per heavy atom. The maximum atomic E-state index is 12.1. The summed E-state index contributed by atoms with van der Waals surface area (Å²) in [6, 6.07) is 18.3. The Bertz CT molecular complexity index is 650. The number of carbonyl (C=O) groups excluding carboxylic acids is 1. The number of esters is 1. The highest BCUT2D eigenvalue weighted by atomic mass is 28.3. The van der Waals surface area contributed by atoms with Gasteiger partial charge in [-0.05, 0) is 24.6 Å². The maximum absolute atomic E-state index is 12.1. The van der Waals surface area contributed by atoms with Crippen LogP contribution >= 0.6 is 0 Å². The Morgan fingerprint density at radius 2 is 1.67 bits per heavy atom. The van der Waals surface area contributed by atoms with Gasteiger partial charge in [0.05, 0.1) is 20.2 Å². The Kier molecular flexibility index (Phi) is 6.21. The highest BCUT2D eigenvalue weighted by molar-refractivity contribution is 6.93. The normalized spacial score (nSPS) is 12.5. The predicted octanol–water partition coefficient (Wildman–Crippen LogP) is 4.13. The van der Waals surface area contributed by atoms with Crippen molar-refractivity contribution in [3.05, 3.63) is 60.2 Å². The Labute approximate surface area is 145 Å². The molecule has 0 saturated carbocycles. The van der Waals surface area contributed by atoms with Crippen molar-refractivity contribution < 1.29 is 14.3 Å². The lowest BCUT2D eigenvalue weighted by molar-refractivity contribution is -0.142. The first-order valence-electron chi connectivity index (χ1n) is 8.39. The zero-order valence-electron chi connectivity index (χ0n) is 14.9. The molecule has 3 nitrogen and oxygen atoms in total. The standard InChI is InChI=1S/C20H26O3Si/c1-5-22-20(21)16(2)24(3,4)19-13-11-18(12-14-19)23-15-17-9-7-6-8-10-17/h6-14,16H,5,15H2,1-4H3. The number of carbonyl (C=O) groups is 1. The van der Waals surface area contributed by atoms with Crippen molar-refractivity contribution in [3.63, 3.8) is 0 Å². The Hall–Kier alpha value is -2.07. The van der Waals surface area contributed by atoms with E-state index in [-0.39, 0.29) is 11.5 Å². The largest absolute Gasteiger partial charge is 0.489 e. The quantitative estimate of drug-likeness (QED) is 0.560. The third-order valence-corrected chi connectivity index (χ3v) is 8.79. The molecule has 0 aliphatic rings. The molecule has 24 heavy (non-hydrogen) atoms. The molecule has 1 atom stereocenters. The van der Waals surface area contributed by atoms with Gasteiger partial charge >= 0.3 is 5.97 Å². The molecule has 2 aromatic carbocycles. The summed E-state index contributed by atoms with van der Waals surface area (Å²) in [6.07, 6.45) is 0. The lowest BCUT2D eigenvalue weighted by atomic mass is 10.2. The smallest absolute Gasteiger partial charge is 0.306 e. The van der Waals surface area contributed by atoms with Crippen molar-refractivity contribution in [2.24, 2.45) is 0 Å². The molecule has 0 amide bonds. The second-order valence-corrected chi connectivity index (χ2v) is 11.4. The number of rotatable bonds is 7. The van der Waals surface area contributed by atoms with Crippen molar-refractivity contribution in [2.45, 2.75) is 39.1 Å². The van der Waals surface area contributed by atoms with Crippen molar-refractivity contribution in [2.75, 3.05) is 6.61 Å². The first-order valence-corrected chi connectivity index (χ1v) is 11.5. The summed E-state index contributed by atoms with van der Waals surface area (Å²) in [4.78, 5) is 12.1. The van der Waals surface area contributed by atoms with Crippen molar-refractivity contribution in [3.8, 4) is 5.75 Å². The van der Waals surface area contributed by atoms with Gasteiger partial charge in [-0.25, -0.2) is 0 Å². The third kappa shape index (κ3) is 4.48. The van der Waals surface area contributed by atoms with Crippen molar-refractivity contribution >= 4 is 19.2 Å². The first kappa shape index (κ1) is 18.3. The van der Waals surface area contributed by atoms with Crippen LogP contribution in [-0.2, 0) is 16.1 Å². The third-order valence-electron chi connectivity index (χ3n) is 4.57. The predicted molar refractivity (Wildman–Crippen MR) is 100 cm³/mol. The van der Waals surface area contributed by atoms with E-state index in [1.165, 1.54) is 5.19 Å². The molecule has 0 aromatic heterocycles. The van der Waals surface area contributed by atoms with Crippen LogP contribution in [0.4, 0.5) is 0 Å². The zero-order chi connectivity index (χ0) is 17.6. The minimum absolute atomic E-state index is 0.0754. The summed E-state index contributed by atoms with van der Waals surface area (Å²) in [5, 5.41) is 1.23. The molecule has 0 aliphatic carbocycles. The topological polar surface area (TPSA) is 35.5 Å². The van der Waals surface area contributed by atoms with E-state index < -0.39 is 8.07 Å².